The molecule has 0 fully saturated rings. The Hall–Kier alpha value is -1.75. The molecule has 0 aromatic heterocycles. The number of amides is 1. The molecule has 102 valence electrons. The van der Waals surface area contributed by atoms with Crippen LogP contribution in [0.3, 0.4) is 0 Å². The van der Waals surface area contributed by atoms with Crippen molar-refractivity contribution < 1.29 is 44.2 Å². The molecule has 0 aliphatic carbocycles. The molecule has 0 aliphatic heterocycles. The topological polar surface area (TPSA) is 61.4 Å². The van der Waals surface area contributed by atoms with Crippen LogP contribution in [0.5, 0.6) is 5.75 Å². The number of para-hydroxylation sites is 2. The van der Waals surface area contributed by atoms with Crippen molar-refractivity contribution in [2.75, 3.05) is 12.4 Å². The smallest absolute Gasteiger partial charge is 0.872 e. The number of anilines is 1. The minimum Gasteiger partial charge on any atom is -0.872 e. The molecule has 0 atom stereocenters. The Morgan fingerprint density at radius 1 is 1.10 bits per heavy atom. The zero-order valence-electron chi connectivity index (χ0n) is 12.0. The van der Waals surface area contributed by atoms with E-state index in [1.54, 1.807) is 48.5 Å². The SMILES string of the molecule is COc1ccccc1NC(=O)/C=C(\[O-])c1ccccc1.[Na+]. The van der Waals surface area contributed by atoms with Crippen LogP contribution < -0.4 is 44.7 Å². The number of benzene rings is 2. The maximum atomic E-state index is 11.9. The van der Waals surface area contributed by atoms with Crippen LogP contribution in [0, 0.1) is 0 Å². The molecule has 21 heavy (non-hydrogen) atoms. The summed E-state index contributed by atoms with van der Waals surface area (Å²) < 4.78 is 5.12. The fourth-order valence-corrected chi connectivity index (χ4v) is 1.72. The minimum absolute atomic E-state index is 0. The third-order valence-corrected chi connectivity index (χ3v) is 2.69. The predicted octanol–water partition coefficient (Wildman–Crippen LogP) is -0.961. The summed E-state index contributed by atoms with van der Waals surface area (Å²) in [6, 6.07) is 15.6. The molecule has 0 heterocycles. The van der Waals surface area contributed by atoms with E-state index in [1.165, 1.54) is 7.11 Å². The maximum Gasteiger partial charge on any atom is 1.00 e. The van der Waals surface area contributed by atoms with Crippen LogP contribution in [0.4, 0.5) is 5.69 Å². The molecule has 0 spiro atoms. The molecule has 0 bridgehead atoms. The minimum atomic E-state index is -0.483. The normalized spacial score (nSPS) is 10.4. The van der Waals surface area contributed by atoms with Gasteiger partial charge in [-0.25, -0.2) is 0 Å². The standard InChI is InChI=1S/C16H15NO3.Na/c1-20-15-10-6-5-9-13(15)17-16(19)11-14(18)12-7-3-2-4-8-12;/h2-11,18H,1H3,(H,17,19);/q;+1/p-1/b14-11-;. The van der Waals surface area contributed by atoms with Gasteiger partial charge in [-0.3, -0.25) is 4.79 Å². The average molecular weight is 291 g/mol. The number of hydrogen-bond acceptors (Lipinski definition) is 3. The molecule has 1 N–H and O–H groups in total. The van der Waals surface area contributed by atoms with E-state index in [-0.39, 0.29) is 35.3 Å². The summed E-state index contributed by atoms with van der Waals surface area (Å²) in [6.45, 7) is 0. The molecule has 2 rings (SSSR count). The van der Waals surface area contributed by atoms with Crippen LogP contribution in [0.15, 0.2) is 60.7 Å². The second kappa shape index (κ2) is 8.52. The molecule has 0 aliphatic rings. The van der Waals surface area contributed by atoms with Crippen molar-refractivity contribution in [1.82, 2.24) is 0 Å². The van der Waals surface area contributed by atoms with Crippen molar-refractivity contribution in [1.29, 1.82) is 0 Å². The van der Waals surface area contributed by atoms with E-state index < -0.39 is 5.91 Å². The van der Waals surface area contributed by atoms with Gasteiger partial charge in [0.05, 0.1) is 12.8 Å². The summed E-state index contributed by atoms with van der Waals surface area (Å²) in [5.74, 6) is -0.275. The van der Waals surface area contributed by atoms with Gasteiger partial charge in [0, 0.05) is 0 Å². The largest absolute Gasteiger partial charge is 1.00 e. The summed E-state index contributed by atoms with van der Waals surface area (Å²) in [4.78, 5) is 11.8. The van der Waals surface area contributed by atoms with Gasteiger partial charge >= 0.3 is 29.6 Å². The van der Waals surface area contributed by atoms with Crippen LogP contribution in [0.1, 0.15) is 5.56 Å². The monoisotopic (exact) mass is 291 g/mol. The van der Waals surface area contributed by atoms with Gasteiger partial charge in [-0.15, -0.1) is 0 Å². The van der Waals surface area contributed by atoms with Gasteiger partial charge in [0.25, 0.3) is 0 Å². The molecule has 2 aromatic carbocycles. The first-order valence-electron chi connectivity index (χ1n) is 6.09. The molecule has 4 nitrogen and oxygen atoms in total. The van der Waals surface area contributed by atoms with Crippen molar-refractivity contribution in [2.45, 2.75) is 0 Å². The molecule has 1 amide bonds. The van der Waals surface area contributed by atoms with E-state index in [0.717, 1.165) is 6.08 Å². The molecule has 0 saturated heterocycles. The van der Waals surface area contributed by atoms with Gasteiger partial charge in [0.15, 0.2) is 0 Å². The maximum absolute atomic E-state index is 11.9. The molecule has 0 unspecified atom stereocenters. The number of methoxy groups -OCH3 is 1. The van der Waals surface area contributed by atoms with Crippen LogP contribution >= 0.6 is 0 Å². The van der Waals surface area contributed by atoms with Crippen LogP contribution in [-0.2, 0) is 4.79 Å². The second-order valence-corrected chi connectivity index (χ2v) is 4.06. The first-order chi connectivity index (χ1) is 9.70. The molecule has 2 aromatic rings. The summed E-state index contributed by atoms with van der Waals surface area (Å²) in [6.07, 6.45) is 1.03. The van der Waals surface area contributed by atoms with Gasteiger partial charge in [-0.05, 0) is 23.8 Å². The molecular weight excluding hydrogens is 277 g/mol. The fraction of sp³-hybridized carbons (Fsp3) is 0.0625. The first kappa shape index (κ1) is 17.3. The average Bonchev–Trinajstić information content (AvgIpc) is 2.48. The first-order valence-corrected chi connectivity index (χ1v) is 6.09. The third-order valence-electron chi connectivity index (χ3n) is 2.69. The van der Waals surface area contributed by atoms with E-state index in [1.807, 2.05) is 6.07 Å². The molecule has 5 heteroatoms. The number of hydrogen-bond donors (Lipinski definition) is 1. The second-order valence-electron chi connectivity index (χ2n) is 4.06. The number of ether oxygens (including phenoxy) is 1. The number of carbonyl (C=O) groups excluding carboxylic acids is 1. The number of nitrogens with one attached hydrogen (secondary N) is 1. The third kappa shape index (κ3) is 4.93. The van der Waals surface area contributed by atoms with Crippen molar-refractivity contribution in [2.24, 2.45) is 0 Å². The Labute approximate surface area is 145 Å². The van der Waals surface area contributed by atoms with E-state index in [4.69, 9.17) is 4.74 Å². The summed E-state index contributed by atoms with van der Waals surface area (Å²) in [5.41, 5.74) is 1.000. The Balaban J connectivity index is 0.00000220. The van der Waals surface area contributed by atoms with E-state index in [0.29, 0.717) is 17.0 Å². The zero-order chi connectivity index (χ0) is 14.4. The summed E-state index contributed by atoms with van der Waals surface area (Å²) in [5, 5.41) is 14.5. The quantitative estimate of drug-likeness (QED) is 0.448. The van der Waals surface area contributed by atoms with Gasteiger partial charge < -0.3 is 15.2 Å². The Bertz CT molecular complexity index is 626. The van der Waals surface area contributed by atoms with Crippen LogP contribution in [0.2, 0.25) is 0 Å². The van der Waals surface area contributed by atoms with Crippen LogP contribution in [0.25, 0.3) is 5.76 Å². The van der Waals surface area contributed by atoms with E-state index in [9.17, 15) is 9.90 Å². The molecular formula is C16H14NNaO3. The van der Waals surface area contributed by atoms with Gasteiger partial charge in [-0.2, -0.15) is 0 Å². The summed E-state index contributed by atoms with van der Waals surface area (Å²) in [7, 11) is 1.52. The molecule has 0 radical (unpaired) electrons. The van der Waals surface area contributed by atoms with Crippen LogP contribution in [-0.4, -0.2) is 13.0 Å². The molecule has 0 saturated carbocycles. The van der Waals surface area contributed by atoms with Gasteiger partial charge in [-0.1, -0.05) is 48.2 Å². The van der Waals surface area contributed by atoms with Gasteiger partial charge in [0.1, 0.15) is 5.75 Å². The summed E-state index contributed by atoms with van der Waals surface area (Å²) >= 11 is 0. The van der Waals surface area contributed by atoms with Crippen molar-refractivity contribution in [3.05, 3.63) is 66.2 Å². The Morgan fingerprint density at radius 3 is 2.38 bits per heavy atom. The zero-order valence-corrected chi connectivity index (χ0v) is 14.0. The van der Waals surface area contributed by atoms with Gasteiger partial charge in [0.2, 0.25) is 5.91 Å². The van der Waals surface area contributed by atoms with Crippen molar-refractivity contribution in [3.8, 4) is 5.75 Å². The van der Waals surface area contributed by atoms with E-state index >= 15 is 0 Å². The fourth-order valence-electron chi connectivity index (χ4n) is 1.72. The Kier molecular flexibility index (Phi) is 7.02. The number of carbonyl (C=O) groups is 1. The number of rotatable bonds is 4. The Morgan fingerprint density at radius 2 is 1.71 bits per heavy atom. The van der Waals surface area contributed by atoms with E-state index in [2.05, 4.69) is 5.32 Å². The predicted molar refractivity (Wildman–Crippen MR) is 76.0 cm³/mol. The van der Waals surface area contributed by atoms with Crippen molar-refractivity contribution in [3.63, 3.8) is 0 Å². The van der Waals surface area contributed by atoms with Crippen molar-refractivity contribution >= 4 is 17.4 Å².